The molecule has 0 radical (unpaired) electrons. The summed E-state index contributed by atoms with van der Waals surface area (Å²) in [5.74, 6) is -0.0711. The van der Waals surface area contributed by atoms with E-state index < -0.39 is 10.0 Å². The molecule has 150 valence electrons. The Labute approximate surface area is 177 Å². The van der Waals surface area contributed by atoms with E-state index in [9.17, 15) is 13.5 Å². The van der Waals surface area contributed by atoms with Gasteiger partial charge >= 0.3 is 0 Å². The molecule has 0 spiro atoms. The van der Waals surface area contributed by atoms with Crippen molar-refractivity contribution in [2.75, 3.05) is 4.72 Å². The molecule has 1 heterocycles. The van der Waals surface area contributed by atoms with Gasteiger partial charge in [-0.05, 0) is 42.4 Å². The zero-order chi connectivity index (χ0) is 21.2. The molecule has 0 fully saturated rings. The lowest BCUT2D eigenvalue weighted by atomic mass is 10.0. The molecule has 3 rings (SSSR count). The van der Waals surface area contributed by atoms with E-state index in [1.165, 1.54) is 30.6 Å². The molecule has 10 heteroatoms. The first-order valence-electron chi connectivity index (χ1n) is 8.24. The zero-order valence-electron chi connectivity index (χ0n) is 15.3. The van der Waals surface area contributed by atoms with Crippen LogP contribution in [0.5, 0.6) is 5.75 Å². The number of nitrogens with one attached hydrogen (secondary N) is 2. The number of anilines is 1. The van der Waals surface area contributed by atoms with Crippen LogP contribution in [0.2, 0.25) is 5.02 Å². The van der Waals surface area contributed by atoms with Crippen LogP contribution in [0.15, 0.2) is 58.7 Å². The third kappa shape index (κ3) is 4.31. The maximum Gasteiger partial charge on any atom is 0.262 e. The van der Waals surface area contributed by atoms with E-state index >= 15 is 0 Å². The summed E-state index contributed by atoms with van der Waals surface area (Å²) in [6, 6.07) is 6.13. The molecule has 29 heavy (non-hydrogen) atoms. The van der Waals surface area contributed by atoms with Crippen LogP contribution in [-0.2, 0) is 10.0 Å². The summed E-state index contributed by atoms with van der Waals surface area (Å²) < 4.78 is 28.6. The fraction of sp³-hybridized carbons (Fsp3) is 0.0526. The number of aryl methyl sites for hydroxylation is 1. The van der Waals surface area contributed by atoms with Crippen molar-refractivity contribution < 1.29 is 13.5 Å². The molecule has 0 unspecified atom stereocenters. The third-order valence-electron chi connectivity index (χ3n) is 4.04. The normalized spacial score (nSPS) is 11.2. The second-order valence-electron chi connectivity index (χ2n) is 5.91. The van der Waals surface area contributed by atoms with Gasteiger partial charge in [-0.1, -0.05) is 43.0 Å². The van der Waals surface area contributed by atoms with E-state index in [0.29, 0.717) is 31.8 Å². The minimum absolute atomic E-state index is 0.0534. The van der Waals surface area contributed by atoms with Crippen LogP contribution in [0.1, 0.15) is 16.7 Å². The number of aromatic hydroxyl groups is 1. The molecule has 0 aliphatic carbocycles. The van der Waals surface area contributed by atoms with E-state index in [4.69, 9.17) is 11.6 Å². The zero-order valence-corrected chi connectivity index (χ0v) is 17.7. The maximum absolute atomic E-state index is 13.0. The van der Waals surface area contributed by atoms with Gasteiger partial charge in [-0.15, -0.1) is 0 Å². The van der Waals surface area contributed by atoms with Crippen LogP contribution in [0, 0.1) is 6.92 Å². The number of phenols is 1. The Morgan fingerprint density at radius 2 is 1.97 bits per heavy atom. The number of benzene rings is 2. The molecule has 0 amide bonds. The van der Waals surface area contributed by atoms with Crippen LogP contribution in [0.4, 0.5) is 5.69 Å². The molecule has 0 saturated heterocycles. The Morgan fingerprint density at radius 3 is 2.59 bits per heavy atom. The molecule has 0 aliphatic heterocycles. The molecular formula is C19H17ClN4O3S2. The summed E-state index contributed by atoms with van der Waals surface area (Å²) >= 11 is 7.08. The van der Waals surface area contributed by atoms with Crippen LogP contribution in [0.3, 0.4) is 0 Å². The summed E-state index contributed by atoms with van der Waals surface area (Å²) in [5, 5.41) is 17.8. The van der Waals surface area contributed by atoms with Gasteiger partial charge in [0.05, 0.1) is 15.5 Å². The molecule has 0 aliphatic rings. The Morgan fingerprint density at radius 1 is 1.24 bits per heavy atom. The van der Waals surface area contributed by atoms with Gasteiger partial charge in [0.15, 0.2) is 5.16 Å². The first-order chi connectivity index (χ1) is 13.8. The van der Waals surface area contributed by atoms with Crippen LogP contribution >= 0.6 is 23.4 Å². The van der Waals surface area contributed by atoms with Gasteiger partial charge in [0.1, 0.15) is 12.1 Å². The molecule has 3 aromatic rings. The van der Waals surface area contributed by atoms with Gasteiger partial charge in [-0.2, -0.15) is 5.10 Å². The fourth-order valence-corrected chi connectivity index (χ4v) is 5.05. The largest absolute Gasteiger partial charge is 0.506 e. The molecule has 0 saturated carbocycles. The molecule has 1 aromatic heterocycles. The molecule has 3 N–H and O–H groups in total. The molecule has 0 bridgehead atoms. The Balaban J connectivity index is 2.13. The Bertz CT molecular complexity index is 1190. The van der Waals surface area contributed by atoms with Crippen molar-refractivity contribution in [3.63, 3.8) is 0 Å². The summed E-state index contributed by atoms with van der Waals surface area (Å²) in [6.45, 7) is 9.12. The number of phenolic OH excluding ortho intramolecular Hbond substituents is 1. The molecule has 7 nitrogen and oxygen atoms in total. The second kappa shape index (κ2) is 8.32. The number of hydrogen-bond donors (Lipinski definition) is 3. The quantitative estimate of drug-likeness (QED) is 0.452. The van der Waals surface area contributed by atoms with Crippen LogP contribution < -0.4 is 4.72 Å². The highest BCUT2D eigenvalue weighted by Gasteiger charge is 2.22. The number of aromatic nitrogens is 3. The van der Waals surface area contributed by atoms with Gasteiger partial charge in [0.2, 0.25) is 0 Å². The van der Waals surface area contributed by atoms with Gasteiger partial charge in [0.25, 0.3) is 10.0 Å². The lowest BCUT2D eigenvalue weighted by molar-refractivity contribution is 0.461. The average Bonchev–Trinajstić information content (AvgIpc) is 3.18. The number of nitrogens with zero attached hydrogens (tertiary/aromatic N) is 2. The number of halogens is 1. The van der Waals surface area contributed by atoms with E-state index in [1.807, 2.05) is 0 Å². The highest BCUT2D eigenvalue weighted by Crippen LogP contribution is 2.41. The predicted molar refractivity (Wildman–Crippen MR) is 116 cm³/mol. The van der Waals surface area contributed by atoms with Crippen molar-refractivity contribution in [1.29, 1.82) is 0 Å². The number of aromatic amines is 1. The van der Waals surface area contributed by atoms with Crippen molar-refractivity contribution in [1.82, 2.24) is 15.2 Å². The topological polar surface area (TPSA) is 108 Å². The van der Waals surface area contributed by atoms with Crippen molar-refractivity contribution in [2.45, 2.75) is 21.9 Å². The summed E-state index contributed by atoms with van der Waals surface area (Å²) in [4.78, 5) is 4.43. The van der Waals surface area contributed by atoms with Gasteiger partial charge < -0.3 is 5.11 Å². The van der Waals surface area contributed by atoms with Gasteiger partial charge in [0, 0.05) is 16.1 Å². The van der Waals surface area contributed by atoms with Crippen LogP contribution in [0.25, 0.3) is 12.2 Å². The monoisotopic (exact) mass is 448 g/mol. The van der Waals surface area contributed by atoms with E-state index in [1.54, 1.807) is 19.1 Å². The maximum atomic E-state index is 13.0. The number of rotatable bonds is 7. The van der Waals surface area contributed by atoms with Crippen molar-refractivity contribution in [3.05, 3.63) is 65.5 Å². The van der Waals surface area contributed by atoms with Crippen molar-refractivity contribution in [2.24, 2.45) is 0 Å². The van der Waals surface area contributed by atoms with E-state index in [-0.39, 0.29) is 16.3 Å². The van der Waals surface area contributed by atoms with Gasteiger partial charge in [-0.3, -0.25) is 9.82 Å². The smallest absolute Gasteiger partial charge is 0.262 e. The summed E-state index contributed by atoms with van der Waals surface area (Å²) in [5.41, 5.74) is 1.50. The third-order valence-corrected chi connectivity index (χ3v) is 6.70. The second-order valence-corrected chi connectivity index (χ2v) is 9.03. The van der Waals surface area contributed by atoms with Crippen LogP contribution in [-0.4, -0.2) is 28.7 Å². The standard InChI is InChI=1S/C19H17ClN4O3S2/c1-4-13-14(5-2)18(25)16(28-19-21-10-22-23-19)9-15(13)24-29(26,27)17-8-12(20)7-6-11(17)3/h4-10,24-25H,1-2H2,3H3,(H,21,22,23). The highest BCUT2D eigenvalue weighted by atomic mass is 35.5. The first kappa shape index (κ1) is 21.0. The summed E-state index contributed by atoms with van der Waals surface area (Å²) in [6.07, 6.45) is 4.21. The Kier molecular flexibility index (Phi) is 6.02. The summed E-state index contributed by atoms with van der Waals surface area (Å²) in [7, 11) is -3.96. The highest BCUT2D eigenvalue weighted by molar-refractivity contribution is 7.99. The van der Waals surface area contributed by atoms with Crippen molar-refractivity contribution >= 4 is 51.2 Å². The SMILES string of the molecule is C=Cc1c(NS(=O)(=O)c2cc(Cl)ccc2C)cc(Sc2ncn[nH]2)c(O)c1C=C. The molecular weight excluding hydrogens is 432 g/mol. The lowest BCUT2D eigenvalue weighted by Gasteiger charge is -2.17. The minimum Gasteiger partial charge on any atom is -0.506 e. The molecule has 2 aromatic carbocycles. The average molecular weight is 449 g/mol. The number of H-pyrrole nitrogens is 1. The number of sulfonamides is 1. The first-order valence-corrected chi connectivity index (χ1v) is 10.9. The van der Waals surface area contributed by atoms with Crippen molar-refractivity contribution in [3.8, 4) is 5.75 Å². The number of hydrogen-bond acceptors (Lipinski definition) is 6. The van der Waals surface area contributed by atoms with E-state index in [0.717, 1.165) is 11.8 Å². The molecule has 0 atom stereocenters. The van der Waals surface area contributed by atoms with E-state index in [2.05, 4.69) is 33.1 Å². The lowest BCUT2D eigenvalue weighted by Crippen LogP contribution is -2.15. The van der Waals surface area contributed by atoms with Gasteiger partial charge in [-0.25, -0.2) is 13.4 Å². The predicted octanol–water partition coefficient (Wildman–Crippen LogP) is 4.71. The fourth-order valence-electron chi connectivity index (χ4n) is 2.68. The minimum atomic E-state index is -3.96. The Hall–Kier alpha value is -2.75.